The van der Waals surface area contributed by atoms with Crippen molar-refractivity contribution < 1.29 is 9.59 Å². The maximum Gasteiger partial charge on any atom is 0.238 e. The SMILES string of the molecule is O=C1NC2=CCCCC2C(=O)C1(Cc1ccccc1)Cc1ccccc1. The summed E-state index contributed by atoms with van der Waals surface area (Å²) in [5.74, 6) is -0.242. The van der Waals surface area contributed by atoms with Crippen molar-refractivity contribution in [3.05, 3.63) is 83.6 Å². The lowest BCUT2D eigenvalue weighted by Gasteiger charge is -2.41. The van der Waals surface area contributed by atoms with Gasteiger partial charge in [0.15, 0.2) is 5.78 Å². The van der Waals surface area contributed by atoms with Gasteiger partial charge >= 0.3 is 0 Å². The number of fused-ring (bicyclic) bond motifs is 1. The van der Waals surface area contributed by atoms with Crippen LogP contribution in [-0.4, -0.2) is 11.7 Å². The number of Topliss-reactive ketones (excluding diaryl/α,β-unsaturated/α-hetero) is 1. The van der Waals surface area contributed by atoms with Crippen LogP contribution in [0.5, 0.6) is 0 Å². The van der Waals surface area contributed by atoms with E-state index in [0.29, 0.717) is 12.8 Å². The Labute approximate surface area is 154 Å². The van der Waals surface area contributed by atoms with Crippen LogP contribution in [0, 0.1) is 11.3 Å². The van der Waals surface area contributed by atoms with Crippen molar-refractivity contribution in [2.24, 2.45) is 11.3 Å². The Morgan fingerprint density at radius 1 is 0.885 bits per heavy atom. The molecule has 2 aliphatic rings. The lowest BCUT2D eigenvalue weighted by molar-refractivity contribution is -0.147. The molecule has 0 radical (unpaired) electrons. The van der Waals surface area contributed by atoms with Gasteiger partial charge in [0.2, 0.25) is 5.91 Å². The van der Waals surface area contributed by atoms with Gasteiger partial charge in [0.25, 0.3) is 0 Å². The van der Waals surface area contributed by atoms with Crippen molar-refractivity contribution in [1.82, 2.24) is 5.32 Å². The monoisotopic (exact) mass is 345 g/mol. The fourth-order valence-electron chi connectivity index (χ4n) is 4.27. The number of rotatable bonds is 4. The van der Waals surface area contributed by atoms with Crippen molar-refractivity contribution in [2.75, 3.05) is 0 Å². The molecule has 2 aromatic rings. The molecule has 0 aromatic heterocycles. The maximum absolute atomic E-state index is 13.6. The van der Waals surface area contributed by atoms with Gasteiger partial charge in [0.1, 0.15) is 5.41 Å². The standard InChI is InChI=1S/C23H23NO2/c25-21-19-13-7-8-14-20(19)24-22(26)23(21,15-17-9-3-1-4-10-17)16-18-11-5-2-6-12-18/h1-6,9-12,14,19H,7-8,13,15-16H2,(H,24,26). The first kappa shape index (κ1) is 16.8. The van der Waals surface area contributed by atoms with Crippen molar-refractivity contribution >= 4 is 11.7 Å². The van der Waals surface area contributed by atoms with E-state index in [1.165, 1.54) is 0 Å². The third-order valence-electron chi connectivity index (χ3n) is 5.61. The molecule has 0 bridgehead atoms. The second kappa shape index (κ2) is 6.91. The second-order valence-electron chi connectivity index (χ2n) is 7.37. The number of hydrogen-bond acceptors (Lipinski definition) is 2. The highest BCUT2D eigenvalue weighted by molar-refractivity contribution is 6.11. The minimum absolute atomic E-state index is 0.0832. The number of piperidine rings is 1. The van der Waals surface area contributed by atoms with Gasteiger partial charge in [0.05, 0.1) is 5.92 Å². The topological polar surface area (TPSA) is 46.2 Å². The number of nitrogens with one attached hydrogen (secondary N) is 1. The minimum atomic E-state index is -1.04. The molecular weight excluding hydrogens is 322 g/mol. The Morgan fingerprint density at radius 2 is 1.46 bits per heavy atom. The molecule has 26 heavy (non-hydrogen) atoms. The predicted octanol–water partition coefficient (Wildman–Crippen LogP) is 3.84. The van der Waals surface area contributed by atoms with Crippen LogP contribution in [0.15, 0.2) is 72.4 Å². The lowest BCUT2D eigenvalue weighted by Crippen LogP contribution is -2.58. The first-order valence-corrected chi connectivity index (χ1v) is 9.33. The molecule has 3 heteroatoms. The summed E-state index contributed by atoms with van der Waals surface area (Å²) in [5, 5.41) is 3.08. The molecule has 0 saturated carbocycles. The third kappa shape index (κ3) is 2.98. The summed E-state index contributed by atoms with van der Waals surface area (Å²) >= 11 is 0. The van der Waals surface area contributed by atoms with Gasteiger partial charge in [-0.15, -0.1) is 0 Å². The van der Waals surface area contributed by atoms with E-state index in [0.717, 1.165) is 36.1 Å². The average Bonchev–Trinajstić information content (AvgIpc) is 2.68. The summed E-state index contributed by atoms with van der Waals surface area (Å²) in [6, 6.07) is 19.8. The van der Waals surface area contributed by atoms with Crippen LogP contribution in [0.4, 0.5) is 0 Å². The van der Waals surface area contributed by atoms with E-state index in [1.54, 1.807) is 0 Å². The summed E-state index contributed by atoms with van der Waals surface area (Å²) in [5.41, 5.74) is 1.83. The molecule has 1 unspecified atom stereocenters. The molecule has 1 N–H and O–H groups in total. The van der Waals surface area contributed by atoms with E-state index in [4.69, 9.17) is 0 Å². The minimum Gasteiger partial charge on any atom is -0.328 e. The van der Waals surface area contributed by atoms with E-state index in [-0.39, 0.29) is 17.6 Å². The Bertz CT molecular complexity index is 798. The van der Waals surface area contributed by atoms with Crippen molar-refractivity contribution in [3.63, 3.8) is 0 Å². The van der Waals surface area contributed by atoms with E-state index < -0.39 is 5.41 Å². The molecule has 1 heterocycles. The molecule has 2 aromatic carbocycles. The van der Waals surface area contributed by atoms with E-state index in [9.17, 15) is 9.59 Å². The number of carbonyl (C=O) groups is 2. The first-order chi connectivity index (χ1) is 12.7. The van der Waals surface area contributed by atoms with Crippen molar-refractivity contribution in [2.45, 2.75) is 32.1 Å². The Balaban J connectivity index is 1.76. The predicted molar refractivity (Wildman–Crippen MR) is 101 cm³/mol. The summed E-state index contributed by atoms with van der Waals surface area (Å²) in [6.45, 7) is 0. The highest BCUT2D eigenvalue weighted by Gasteiger charge is 2.52. The zero-order chi connectivity index (χ0) is 18.0. The largest absolute Gasteiger partial charge is 0.328 e. The zero-order valence-corrected chi connectivity index (χ0v) is 14.8. The number of benzene rings is 2. The third-order valence-corrected chi connectivity index (χ3v) is 5.61. The number of allylic oxidation sites excluding steroid dienone is 2. The Morgan fingerprint density at radius 3 is 2.04 bits per heavy atom. The fraction of sp³-hybridized carbons (Fsp3) is 0.304. The van der Waals surface area contributed by atoms with Crippen LogP contribution in [0.2, 0.25) is 0 Å². The van der Waals surface area contributed by atoms with Gasteiger partial charge in [-0.3, -0.25) is 9.59 Å². The molecule has 0 spiro atoms. The van der Waals surface area contributed by atoms with Gasteiger partial charge in [-0.2, -0.15) is 0 Å². The molecule has 132 valence electrons. The lowest BCUT2D eigenvalue weighted by atomic mass is 9.64. The number of hydrogen-bond donors (Lipinski definition) is 1. The highest BCUT2D eigenvalue weighted by Crippen LogP contribution is 2.40. The maximum atomic E-state index is 13.6. The molecule has 1 aliphatic heterocycles. The van der Waals surface area contributed by atoms with E-state index in [1.807, 2.05) is 66.7 Å². The zero-order valence-electron chi connectivity index (χ0n) is 14.8. The molecule has 1 aliphatic carbocycles. The molecule has 1 amide bonds. The molecule has 1 fully saturated rings. The van der Waals surface area contributed by atoms with Gasteiger partial charge in [-0.25, -0.2) is 0 Å². The van der Waals surface area contributed by atoms with Gasteiger partial charge in [-0.05, 0) is 43.2 Å². The van der Waals surface area contributed by atoms with Crippen molar-refractivity contribution in [3.8, 4) is 0 Å². The summed E-state index contributed by atoms with van der Waals surface area (Å²) in [4.78, 5) is 26.8. The summed E-state index contributed by atoms with van der Waals surface area (Å²) in [7, 11) is 0. The number of ketones is 1. The quantitative estimate of drug-likeness (QED) is 0.856. The van der Waals surface area contributed by atoms with E-state index in [2.05, 4.69) is 5.32 Å². The molecule has 1 atom stereocenters. The molecule has 3 nitrogen and oxygen atoms in total. The normalized spacial score (nSPS) is 21.5. The molecular formula is C23H23NO2. The van der Waals surface area contributed by atoms with Crippen LogP contribution >= 0.6 is 0 Å². The van der Waals surface area contributed by atoms with Gasteiger partial charge in [0, 0.05) is 5.70 Å². The Hall–Kier alpha value is -2.68. The van der Waals surface area contributed by atoms with Gasteiger partial charge < -0.3 is 5.32 Å². The molecule has 1 saturated heterocycles. The average molecular weight is 345 g/mol. The second-order valence-corrected chi connectivity index (χ2v) is 7.37. The van der Waals surface area contributed by atoms with Crippen LogP contribution in [0.3, 0.4) is 0 Å². The van der Waals surface area contributed by atoms with Crippen LogP contribution in [-0.2, 0) is 22.4 Å². The smallest absolute Gasteiger partial charge is 0.238 e. The van der Waals surface area contributed by atoms with Crippen LogP contribution < -0.4 is 5.32 Å². The van der Waals surface area contributed by atoms with Gasteiger partial charge in [-0.1, -0.05) is 66.7 Å². The van der Waals surface area contributed by atoms with Crippen LogP contribution in [0.1, 0.15) is 30.4 Å². The number of carbonyl (C=O) groups excluding carboxylic acids is 2. The summed E-state index contributed by atoms with van der Waals surface area (Å²) < 4.78 is 0. The fourth-order valence-corrected chi connectivity index (χ4v) is 4.27. The van der Waals surface area contributed by atoms with E-state index >= 15 is 0 Å². The Kier molecular flexibility index (Phi) is 4.46. The summed E-state index contributed by atoms with van der Waals surface area (Å²) in [6.07, 6.45) is 5.68. The molecule has 4 rings (SSSR count). The number of amides is 1. The highest BCUT2D eigenvalue weighted by atomic mass is 16.2. The first-order valence-electron chi connectivity index (χ1n) is 9.33. The van der Waals surface area contributed by atoms with Crippen LogP contribution in [0.25, 0.3) is 0 Å². The van der Waals surface area contributed by atoms with Crippen molar-refractivity contribution in [1.29, 1.82) is 0 Å².